The van der Waals surface area contributed by atoms with Crippen molar-refractivity contribution in [1.29, 1.82) is 0 Å². The van der Waals surface area contributed by atoms with Gasteiger partial charge >= 0.3 is 0 Å². The Hall–Kier alpha value is -2.61. The fourth-order valence-corrected chi connectivity index (χ4v) is 4.37. The predicted octanol–water partition coefficient (Wildman–Crippen LogP) is 2.70. The lowest BCUT2D eigenvalue weighted by Gasteiger charge is -2.10. The molecular formula is C18H23N5O2S. The maximum atomic E-state index is 12.8. The summed E-state index contributed by atoms with van der Waals surface area (Å²) < 4.78 is 31.5. The molecule has 0 saturated carbocycles. The van der Waals surface area contributed by atoms with E-state index in [1.807, 2.05) is 23.7 Å². The second kappa shape index (κ2) is 6.60. The number of sulfonamides is 1. The topological polar surface area (TPSA) is 81.8 Å². The molecule has 2 aromatic heterocycles. The molecule has 26 heavy (non-hydrogen) atoms. The summed E-state index contributed by atoms with van der Waals surface area (Å²) in [5, 5.41) is 8.63. The number of aryl methyl sites for hydroxylation is 4. The molecule has 0 fully saturated rings. The van der Waals surface area contributed by atoms with E-state index in [0.717, 1.165) is 11.3 Å². The molecule has 0 bridgehead atoms. The summed E-state index contributed by atoms with van der Waals surface area (Å²) in [4.78, 5) is 0.172. The van der Waals surface area contributed by atoms with Crippen molar-refractivity contribution >= 4 is 15.7 Å². The molecule has 0 unspecified atom stereocenters. The molecular weight excluding hydrogens is 350 g/mol. The molecule has 2 heterocycles. The lowest BCUT2D eigenvalue weighted by atomic mass is 10.1. The summed E-state index contributed by atoms with van der Waals surface area (Å²) in [7, 11) is -2.03. The monoisotopic (exact) mass is 373 g/mol. The minimum atomic E-state index is -3.72. The van der Waals surface area contributed by atoms with Crippen LogP contribution in [0.3, 0.4) is 0 Å². The van der Waals surface area contributed by atoms with Crippen molar-refractivity contribution < 1.29 is 8.42 Å². The van der Waals surface area contributed by atoms with E-state index < -0.39 is 10.0 Å². The number of hydrogen-bond donors (Lipinski definition) is 1. The van der Waals surface area contributed by atoms with Crippen LogP contribution in [0.15, 0.2) is 35.4 Å². The van der Waals surface area contributed by atoms with Crippen LogP contribution < -0.4 is 4.72 Å². The van der Waals surface area contributed by atoms with Gasteiger partial charge in [-0.1, -0.05) is 24.3 Å². The first-order chi connectivity index (χ1) is 12.2. The van der Waals surface area contributed by atoms with Gasteiger partial charge in [0.05, 0.1) is 29.3 Å². The van der Waals surface area contributed by atoms with Crippen molar-refractivity contribution in [2.45, 2.75) is 39.1 Å². The van der Waals surface area contributed by atoms with Crippen LogP contribution in [0.5, 0.6) is 0 Å². The molecule has 0 amide bonds. The van der Waals surface area contributed by atoms with Gasteiger partial charge in [-0.05, 0) is 38.8 Å². The first-order valence-corrected chi connectivity index (χ1v) is 9.79. The second-order valence-corrected chi connectivity index (χ2v) is 8.14. The zero-order chi connectivity index (χ0) is 19.1. The quantitative estimate of drug-likeness (QED) is 0.745. The number of aromatic nitrogens is 4. The highest BCUT2D eigenvalue weighted by atomic mass is 32.2. The average Bonchev–Trinajstić information content (AvgIpc) is 3.03. The molecule has 3 rings (SSSR count). The lowest BCUT2D eigenvalue weighted by Crippen LogP contribution is -2.15. The molecule has 0 aliphatic rings. The molecule has 0 atom stereocenters. The zero-order valence-electron chi connectivity index (χ0n) is 15.6. The molecule has 0 radical (unpaired) electrons. The van der Waals surface area contributed by atoms with E-state index in [-0.39, 0.29) is 4.90 Å². The van der Waals surface area contributed by atoms with E-state index in [4.69, 9.17) is 0 Å². The van der Waals surface area contributed by atoms with Gasteiger partial charge in [-0.3, -0.25) is 14.1 Å². The Bertz CT molecular complexity index is 1060. The van der Waals surface area contributed by atoms with E-state index in [9.17, 15) is 8.42 Å². The van der Waals surface area contributed by atoms with Gasteiger partial charge in [-0.2, -0.15) is 10.2 Å². The van der Waals surface area contributed by atoms with Crippen LogP contribution in [0, 0.1) is 27.7 Å². The predicted molar refractivity (Wildman–Crippen MR) is 101 cm³/mol. The normalized spacial score (nSPS) is 11.7. The summed E-state index contributed by atoms with van der Waals surface area (Å²) in [6.45, 7) is 7.99. The molecule has 0 aliphatic carbocycles. The first-order valence-electron chi connectivity index (χ1n) is 8.30. The maximum Gasteiger partial charge on any atom is 0.265 e. The third-order valence-corrected chi connectivity index (χ3v) is 5.91. The second-order valence-electron chi connectivity index (χ2n) is 6.49. The summed E-state index contributed by atoms with van der Waals surface area (Å²) in [6, 6.07) is 8.09. The Kier molecular flexibility index (Phi) is 4.62. The van der Waals surface area contributed by atoms with Crippen molar-refractivity contribution in [3.63, 3.8) is 0 Å². The highest BCUT2D eigenvalue weighted by molar-refractivity contribution is 7.92. The third kappa shape index (κ3) is 3.37. The van der Waals surface area contributed by atoms with Gasteiger partial charge in [0.15, 0.2) is 0 Å². The van der Waals surface area contributed by atoms with Gasteiger partial charge in [0.1, 0.15) is 4.90 Å². The fourth-order valence-electron chi connectivity index (χ4n) is 2.98. The van der Waals surface area contributed by atoms with Gasteiger partial charge in [0.25, 0.3) is 10.0 Å². The van der Waals surface area contributed by atoms with Crippen molar-refractivity contribution in [3.8, 4) is 0 Å². The molecule has 7 nitrogen and oxygen atoms in total. The fraction of sp³-hybridized carbons (Fsp3) is 0.333. The number of anilines is 1. The van der Waals surface area contributed by atoms with Gasteiger partial charge in [-0.25, -0.2) is 8.42 Å². The maximum absolute atomic E-state index is 12.8. The van der Waals surface area contributed by atoms with Gasteiger partial charge < -0.3 is 0 Å². The molecule has 0 saturated heterocycles. The van der Waals surface area contributed by atoms with Crippen LogP contribution in [0.1, 0.15) is 28.2 Å². The van der Waals surface area contributed by atoms with Crippen molar-refractivity contribution in [3.05, 3.63) is 58.7 Å². The van der Waals surface area contributed by atoms with Gasteiger partial charge in [-0.15, -0.1) is 0 Å². The molecule has 1 aromatic carbocycles. The molecule has 138 valence electrons. The number of hydrogen-bond acceptors (Lipinski definition) is 4. The minimum Gasteiger partial charge on any atom is -0.276 e. The Morgan fingerprint density at radius 1 is 1.04 bits per heavy atom. The number of benzene rings is 1. The van der Waals surface area contributed by atoms with Crippen molar-refractivity contribution in [2.24, 2.45) is 7.05 Å². The molecule has 0 spiro atoms. The molecule has 1 N–H and O–H groups in total. The van der Waals surface area contributed by atoms with Crippen LogP contribution >= 0.6 is 0 Å². The Morgan fingerprint density at radius 2 is 1.73 bits per heavy atom. The summed E-state index contributed by atoms with van der Waals surface area (Å²) in [5.74, 6) is 0. The highest BCUT2D eigenvalue weighted by Gasteiger charge is 2.23. The SMILES string of the molecule is Cc1ccccc1Cn1nc(C)c(NS(=O)(=O)c2cn(C)nc2C)c1C. The van der Waals surface area contributed by atoms with E-state index >= 15 is 0 Å². The van der Waals surface area contributed by atoms with Crippen LogP contribution in [-0.2, 0) is 23.6 Å². The van der Waals surface area contributed by atoms with Crippen LogP contribution in [0.25, 0.3) is 0 Å². The first kappa shape index (κ1) is 18.2. The molecule has 3 aromatic rings. The Morgan fingerprint density at radius 3 is 2.35 bits per heavy atom. The van der Waals surface area contributed by atoms with E-state index in [0.29, 0.717) is 23.6 Å². The Labute approximate surface area is 153 Å². The summed E-state index contributed by atoms with van der Waals surface area (Å²) in [6.07, 6.45) is 1.50. The number of nitrogens with one attached hydrogen (secondary N) is 1. The highest BCUT2D eigenvalue weighted by Crippen LogP contribution is 2.25. The van der Waals surface area contributed by atoms with E-state index in [1.165, 1.54) is 16.4 Å². The number of nitrogens with zero attached hydrogens (tertiary/aromatic N) is 4. The van der Waals surface area contributed by atoms with E-state index in [2.05, 4.69) is 34.0 Å². The summed E-state index contributed by atoms with van der Waals surface area (Å²) in [5.41, 5.74) is 4.71. The standard InChI is InChI=1S/C18H23N5O2S/c1-12-8-6-7-9-16(12)10-23-15(4)18(14(3)20-23)21-26(24,25)17-11-22(5)19-13(17)2/h6-9,11,21H,10H2,1-5H3. The zero-order valence-corrected chi connectivity index (χ0v) is 16.4. The summed E-state index contributed by atoms with van der Waals surface area (Å²) >= 11 is 0. The lowest BCUT2D eigenvalue weighted by molar-refractivity contribution is 0.600. The van der Waals surface area contributed by atoms with Crippen LogP contribution in [0.2, 0.25) is 0 Å². The van der Waals surface area contributed by atoms with Gasteiger partial charge in [0.2, 0.25) is 0 Å². The third-order valence-electron chi connectivity index (χ3n) is 4.46. The van der Waals surface area contributed by atoms with Crippen molar-refractivity contribution in [2.75, 3.05) is 4.72 Å². The van der Waals surface area contributed by atoms with E-state index in [1.54, 1.807) is 20.9 Å². The molecule has 0 aliphatic heterocycles. The molecule has 8 heteroatoms. The largest absolute Gasteiger partial charge is 0.276 e. The van der Waals surface area contributed by atoms with Crippen LogP contribution in [0.4, 0.5) is 5.69 Å². The Balaban J connectivity index is 1.93. The van der Waals surface area contributed by atoms with Crippen molar-refractivity contribution in [1.82, 2.24) is 19.6 Å². The minimum absolute atomic E-state index is 0.172. The number of rotatable bonds is 5. The van der Waals surface area contributed by atoms with Gasteiger partial charge in [0, 0.05) is 13.2 Å². The average molecular weight is 373 g/mol. The smallest absolute Gasteiger partial charge is 0.265 e. The van der Waals surface area contributed by atoms with Crippen LogP contribution in [-0.4, -0.2) is 28.0 Å².